The lowest BCUT2D eigenvalue weighted by Gasteiger charge is -2.15. The molecule has 0 saturated carbocycles. The molecule has 63 heavy (non-hydrogen) atoms. The third kappa shape index (κ3) is 14.7. The van der Waals surface area contributed by atoms with E-state index in [-0.39, 0.29) is 5.69 Å². The fourth-order valence-electron chi connectivity index (χ4n) is 5.21. The number of anilines is 4. The Morgan fingerprint density at radius 2 is 1.24 bits per heavy atom. The van der Waals surface area contributed by atoms with Gasteiger partial charge in [0.05, 0.1) is 32.6 Å². The summed E-state index contributed by atoms with van der Waals surface area (Å²) in [7, 11) is 0. The normalized spacial score (nSPS) is 11.1. The van der Waals surface area contributed by atoms with Crippen LogP contribution in [0.4, 0.5) is 58.7 Å². The lowest BCUT2D eigenvalue weighted by molar-refractivity contribution is -0.138. The van der Waals surface area contributed by atoms with Crippen LogP contribution in [0.5, 0.6) is 17.2 Å². The van der Waals surface area contributed by atoms with E-state index in [4.69, 9.17) is 37.9 Å². The highest BCUT2D eigenvalue weighted by atomic mass is 35.5. The minimum Gasteiger partial charge on any atom is -0.489 e. The molecule has 0 unspecified atom stereocenters. The summed E-state index contributed by atoms with van der Waals surface area (Å²) in [6.45, 7) is 0.409. The van der Waals surface area contributed by atoms with Crippen LogP contribution in [0.2, 0.25) is 10.0 Å². The Labute approximate surface area is 364 Å². The average Bonchev–Trinajstić information content (AvgIpc) is 3.24. The molecule has 6 rings (SSSR count). The van der Waals surface area contributed by atoms with Crippen LogP contribution in [0.3, 0.4) is 0 Å². The predicted molar refractivity (Wildman–Crippen MR) is 225 cm³/mol. The number of hydrogen-bond donors (Lipinski definition) is 6. The molecule has 1 heterocycles. The van der Waals surface area contributed by atoms with Crippen molar-refractivity contribution in [3.63, 3.8) is 0 Å². The molecule has 0 saturated heterocycles. The minimum atomic E-state index is -4.74. The molecule has 0 radical (unpaired) electrons. The number of halogens is 8. The Morgan fingerprint density at radius 1 is 0.635 bits per heavy atom. The van der Waals surface area contributed by atoms with Crippen molar-refractivity contribution in [2.45, 2.75) is 19.0 Å². The number of hydrogen-bond acceptors (Lipinski definition) is 7. The average molecular weight is 914 g/mol. The molecule has 0 aliphatic carbocycles. The number of urea groups is 2. The molecule has 0 fully saturated rings. The third-order valence-corrected chi connectivity index (χ3v) is 8.70. The van der Waals surface area contributed by atoms with E-state index in [0.717, 1.165) is 35.9 Å². The molecule has 6 N–H and O–H groups in total. The van der Waals surface area contributed by atoms with Crippen LogP contribution in [-0.2, 0) is 23.8 Å². The van der Waals surface area contributed by atoms with Crippen molar-refractivity contribution >= 4 is 70.0 Å². The van der Waals surface area contributed by atoms with E-state index in [1.54, 1.807) is 36.4 Å². The molecular weight excluding hydrogens is 881 g/mol. The summed E-state index contributed by atoms with van der Waals surface area (Å²) in [5, 5.41) is 17.0. The number of aromatic nitrogens is 1. The maximum Gasteiger partial charge on any atom is 0.419 e. The quantitative estimate of drug-likeness (QED) is 0.0326. The van der Waals surface area contributed by atoms with Crippen molar-refractivity contribution in [1.29, 1.82) is 0 Å². The van der Waals surface area contributed by atoms with Crippen LogP contribution >= 0.6 is 23.2 Å². The second-order valence-corrected chi connectivity index (χ2v) is 13.5. The van der Waals surface area contributed by atoms with Gasteiger partial charge in [-0.15, -0.1) is 0 Å². The van der Waals surface area contributed by atoms with Gasteiger partial charge in [-0.3, -0.25) is 15.0 Å². The van der Waals surface area contributed by atoms with Crippen LogP contribution in [0, 0.1) is 0 Å². The number of carbonyl (C=O) groups excluding carboxylic acids is 3. The summed E-state index contributed by atoms with van der Waals surface area (Å²) >= 11 is 11.2. The van der Waals surface area contributed by atoms with Crippen molar-refractivity contribution in [3.8, 4) is 17.2 Å². The van der Waals surface area contributed by atoms with Crippen molar-refractivity contribution in [3.05, 3.63) is 172 Å². The van der Waals surface area contributed by atoms with Crippen molar-refractivity contribution < 1.29 is 55.4 Å². The van der Waals surface area contributed by atoms with E-state index < -0.39 is 57.2 Å². The number of carbonyl (C=O) groups is 3. The molecular formula is C43H32Cl2F6N6O6. The Balaban J connectivity index is 0.000000240. The summed E-state index contributed by atoms with van der Waals surface area (Å²) < 4.78 is 89.7. The summed E-state index contributed by atoms with van der Waals surface area (Å²) in [4.78, 5) is 39.3. The van der Waals surface area contributed by atoms with E-state index in [9.17, 15) is 40.7 Å². The van der Waals surface area contributed by atoms with Gasteiger partial charge in [-0.2, -0.15) is 26.3 Å². The number of ether oxygens (including phenoxy) is 2. The molecule has 326 valence electrons. The Morgan fingerprint density at radius 3 is 1.86 bits per heavy atom. The molecule has 0 aliphatic rings. The predicted octanol–water partition coefficient (Wildman–Crippen LogP) is 12.3. The SMILES string of the molecule is O=C(/C=C/c1cc(Oc2ccc(NC(=O)Nc3cccc(Cl)c3C(F)(F)F)cc2)ccn1)NO.O=C(Nc1ccc(OCc2ccccc2)cc1)Nc1ccc(Cl)c(C(F)(F)F)c1. The van der Waals surface area contributed by atoms with Crippen molar-refractivity contribution in [2.75, 3.05) is 21.3 Å². The molecule has 20 heteroatoms. The number of nitrogens with zero attached hydrogens (tertiary/aromatic N) is 1. The van der Waals surface area contributed by atoms with Gasteiger partial charge in [-0.05, 0) is 96.6 Å². The standard InChI is InChI=1S/C22H16ClF3N4O4.C21H16ClF3N2O2/c23-17-2-1-3-18(20(17)22(24,25)26)29-21(32)28-13-4-7-15(8-5-13)34-16-10-11-27-14(12-16)6-9-19(31)30-33;22-19-11-8-16(12-18(19)21(23,24)25)27-20(28)26-15-6-9-17(10-7-15)29-13-14-4-2-1-3-5-14/h1-12,33H,(H,30,31)(H2,28,29,32);1-12H,13H2,(H2,26,27,28)/b9-6+;. The molecule has 5 amide bonds. The van der Waals surface area contributed by atoms with Crippen molar-refractivity contribution in [1.82, 2.24) is 10.5 Å². The topological polar surface area (TPSA) is 163 Å². The molecule has 0 spiro atoms. The number of benzene rings is 5. The van der Waals surface area contributed by atoms with Gasteiger partial charge in [0.25, 0.3) is 5.91 Å². The monoisotopic (exact) mass is 912 g/mol. The fourth-order valence-corrected chi connectivity index (χ4v) is 5.72. The number of nitrogens with one attached hydrogen (secondary N) is 5. The lowest BCUT2D eigenvalue weighted by atomic mass is 10.1. The largest absolute Gasteiger partial charge is 0.489 e. The van der Waals surface area contributed by atoms with E-state index in [1.807, 2.05) is 30.3 Å². The molecule has 1 aromatic heterocycles. The zero-order chi connectivity index (χ0) is 45.6. The Bertz CT molecular complexity index is 2550. The zero-order valence-corrected chi connectivity index (χ0v) is 33.5. The first-order valence-corrected chi connectivity index (χ1v) is 18.7. The summed E-state index contributed by atoms with van der Waals surface area (Å²) in [6, 6.07) is 30.5. The van der Waals surface area contributed by atoms with E-state index >= 15 is 0 Å². The van der Waals surface area contributed by atoms with Gasteiger partial charge >= 0.3 is 24.4 Å². The second kappa shape index (κ2) is 21.5. The molecule has 12 nitrogen and oxygen atoms in total. The first-order valence-electron chi connectivity index (χ1n) is 18.0. The highest BCUT2D eigenvalue weighted by Gasteiger charge is 2.36. The molecule has 5 aromatic carbocycles. The zero-order valence-electron chi connectivity index (χ0n) is 32.0. The number of rotatable bonds is 11. The number of pyridine rings is 1. The first-order chi connectivity index (χ1) is 30.0. The maximum absolute atomic E-state index is 13.2. The lowest BCUT2D eigenvalue weighted by Crippen LogP contribution is -2.22. The Hall–Kier alpha value is -7.28. The van der Waals surface area contributed by atoms with Crippen molar-refractivity contribution in [2.24, 2.45) is 0 Å². The first kappa shape index (κ1) is 46.8. The third-order valence-electron chi connectivity index (χ3n) is 8.05. The van der Waals surface area contributed by atoms with Gasteiger partial charge in [0.1, 0.15) is 23.9 Å². The van der Waals surface area contributed by atoms with Crippen LogP contribution < -0.4 is 36.2 Å². The van der Waals surface area contributed by atoms with Crippen LogP contribution in [-0.4, -0.2) is 28.2 Å². The number of hydroxylamine groups is 1. The molecule has 0 aliphatic heterocycles. The van der Waals surface area contributed by atoms with Gasteiger partial charge in [0.15, 0.2) is 0 Å². The van der Waals surface area contributed by atoms with Gasteiger partial charge in [-0.1, -0.05) is 59.6 Å². The molecule has 6 aromatic rings. The second-order valence-electron chi connectivity index (χ2n) is 12.7. The van der Waals surface area contributed by atoms with Gasteiger partial charge in [-0.25, -0.2) is 15.1 Å². The van der Waals surface area contributed by atoms with Crippen LogP contribution in [0.25, 0.3) is 6.08 Å². The van der Waals surface area contributed by atoms with E-state index in [2.05, 4.69) is 26.3 Å². The summed E-state index contributed by atoms with van der Waals surface area (Å²) in [5.41, 5.74) is 0.980. The van der Waals surface area contributed by atoms with Crippen LogP contribution in [0.15, 0.2) is 140 Å². The van der Waals surface area contributed by atoms with Gasteiger partial charge in [0.2, 0.25) is 0 Å². The molecule has 0 atom stereocenters. The fraction of sp³-hybridized carbons (Fsp3) is 0.0698. The summed E-state index contributed by atoms with van der Waals surface area (Å²) in [6.07, 6.45) is -5.45. The van der Waals surface area contributed by atoms with Crippen LogP contribution in [0.1, 0.15) is 22.4 Å². The molecule has 0 bridgehead atoms. The number of amides is 5. The van der Waals surface area contributed by atoms with E-state index in [0.29, 0.717) is 40.9 Å². The minimum absolute atomic E-state index is 0.0259. The van der Waals surface area contributed by atoms with Gasteiger partial charge < -0.3 is 30.7 Å². The smallest absolute Gasteiger partial charge is 0.419 e. The highest BCUT2D eigenvalue weighted by Crippen LogP contribution is 2.40. The maximum atomic E-state index is 13.2. The van der Waals surface area contributed by atoms with E-state index in [1.165, 1.54) is 54.2 Å². The number of alkyl halides is 6. The Kier molecular flexibility index (Phi) is 16.0. The van der Waals surface area contributed by atoms with Gasteiger partial charge in [0, 0.05) is 35.4 Å². The highest BCUT2D eigenvalue weighted by molar-refractivity contribution is 6.32. The summed E-state index contributed by atoms with van der Waals surface area (Å²) in [5.74, 6) is 0.699.